The van der Waals surface area contributed by atoms with E-state index in [0.29, 0.717) is 6.54 Å². The van der Waals surface area contributed by atoms with Gasteiger partial charge in [-0.25, -0.2) is 4.52 Å². The number of hydrogen-bond acceptors (Lipinski definition) is 5. The lowest BCUT2D eigenvalue weighted by Crippen LogP contribution is -2.55. The zero-order valence-electron chi connectivity index (χ0n) is 11.5. The normalized spacial score (nSPS) is 21.2. The number of aryl methyl sites for hydroxylation is 1. The zero-order valence-corrected chi connectivity index (χ0v) is 11.5. The Balaban J connectivity index is 1.97. The van der Waals surface area contributed by atoms with Gasteiger partial charge in [0.05, 0.1) is 6.04 Å². The van der Waals surface area contributed by atoms with E-state index in [1.54, 1.807) is 0 Å². The summed E-state index contributed by atoms with van der Waals surface area (Å²) in [5.74, 6) is 0.790. The number of hydrogen-bond donors (Lipinski definition) is 1. The summed E-state index contributed by atoms with van der Waals surface area (Å²) in [5, 5.41) is 4.58. The maximum Gasteiger partial charge on any atom is 0.246 e. The molecule has 1 saturated heterocycles. The van der Waals surface area contributed by atoms with Crippen LogP contribution < -0.4 is 10.6 Å². The number of nitrogens with two attached hydrogens (primary N) is 1. The molecule has 2 aromatic rings. The quantitative estimate of drug-likeness (QED) is 0.831. The molecule has 3 heterocycles. The Labute approximate surface area is 112 Å². The molecule has 6 heteroatoms. The fraction of sp³-hybridized carbons (Fsp3) is 0.538. The van der Waals surface area contributed by atoms with Gasteiger partial charge in [0, 0.05) is 32.4 Å². The SMILES string of the molecule is Cc1cccn2nc(N3CCN(C)CC3CN)nc12. The van der Waals surface area contributed by atoms with E-state index in [4.69, 9.17) is 5.73 Å². The molecule has 0 spiro atoms. The number of piperazine rings is 1. The third-order valence-electron chi connectivity index (χ3n) is 3.76. The highest BCUT2D eigenvalue weighted by atomic mass is 15.4. The van der Waals surface area contributed by atoms with Gasteiger partial charge in [0.1, 0.15) is 0 Å². The van der Waals surface area contributed by atoms with Crippen molar-refractivity contribution in [3.8, 4) is 0 Å². The smallest absolute Gasteiger partial charge is 0.246 e. The van der Waals surface area contributed by atoms with Gasteiger partial charge in [-0.15, -0.1) is 5.10 Å². The summed E-state index contributed by atoms with van der Waals surface area (Å²) in [6.45, 7) is 5.58. The van der Waals surface area contributed by atoms with E-state index in [9.17, 15) is 0 Å². The second-order valence-corrected chi connectivity index (χ2v) is 5.22. The van der Waals surface area contributed by atoms with Crippen LogP contribution >= 0.6 is 0 Å². The summed E-state index contributed by atoms with van der Waals surface area (Å²) in [7, 11) is 2.13. The lowest BCUT2D eigenvalue weighted by Gasteiger charge is -2.38. The molecule has 2 aromatic heterocycles. The maximum absolute atomic E-state index is 5.89. The number of rotatable bonds is 2. The Bertz CT molecular complexity index is 578. The summed E-state index contributed by atoms with van der Waals surface area (Å²) in [5.41, 5.74) is 7.95. The maximum atomic E-state index is 5.89. The standard InChI is InChI=1S/C13H20N6/c1-10-4-3-5-19-12(10)15-13(16-19)18-7-6-17(2)9-11(18)8-14/h3-5,11H,6-9,14H2,1-2H3. The highest BCUT2D eigenvalue weighted by Crippen LogP contribution is 2.18. The molecule has 102 valence electrons. The van der Waals surface area contributed by atoms with Crippen LogP contribution in [0.2, 0.25) is 0 Å². The van der Waals surface area contributed by atoms with Gasteiger partial charge in [0.25, 0.3) is 0 Å². The second kappa shape index (κ2) is 4.79. The van der Waals surface area contributed by atoms with Crippen LogP contribution in [0.25, 0.3) is 5.65 Å². The number of nitrogens with zero attached hydrogens (tertiary/aromatic N) is 5. The van der Waals surface area contributed by atoms with Crippen LogP contribution in [0.4, 0.5) is 5.95 Å². The first-order chi connectivity index (χ1) is 9.19. The Morgan fingerprint density at radius 1 is 1.42 bits per heavy atom. The lowest BCUT2D eigenvalue weighted by molar-refractivity contribution is 0.268. The number of anilines is 1. The summed E-state index contributed by atoms with van der Waals surface area (Å²) in [4.78, 5) is 9.19. The van der Waals surface area contributed by atoms with E-state index >= 15 is 0 Å². The van der Waals surface area contributed by atoms with Crippen LogP contribution in [0.1, 0.15) is 5.56 Å². The number of pyridine rings is 1. The summed E-state index contributed by atoms with van der Waals surface area (Å²) < 4.78 is 1.84. The Hall–Kier alpha value is -1.66. The van der Waals surface area contributed by atoms with Gasteiger partial charge >= 0.3 is 0 Å². The van der Waals surface area contributed by atoms with E-state index in [2.05, 4.69) is 39.9 Å². The molecular weight excluding hydrogens is 240 g/mol. The molecule has 1 aliphatic rings. The van der Waals surface area contributed by atoms with Crippen LogP contribution in [0.5, 0.6) is 0 Å². The van der Waals surface area contributed by atoms with Crippen LogP contribution in [0.3, 0.4) is 0 Å². The molecule has 3 rings (SSSR count). The van der Waals surface area contributed by atoms with Crippen molar-refractivity contribution in [2.45, 2.75) is 13.0 Å². The van der Waals surface area contributed by atoms with Gasteiger partial charge in [-0.3, -0.25) is 0 Å². The van der Waals surface area contributed by atoms with Gasteiger partial charge in [-0.05, 0) is 25.6 Å². The molecule has 19 heavy (non-hydrogen) atoms. The molecule has 0 aromatic carbocycles. The first-order valence-electron chi connectivity index (χ1n) is 6.66. The average molecular weight is 260 g/mol. The summed E-state index contributed by atoms with van der Waals surface area (Å²) in [6.07, 6.45) is 1.94. The minimum absolute atomic E-state index is 0.288. The lowest BCUT2D eigenvalue weighted by atomic mass is 10.2. The fourth-order valence-corrected chi connectivity index (χ4v) is 2.63. The molecule has 1 aliphatic heterocycles. The molecule has 1 atom stereocenters. The van der Waals surface area contributed by atoms with Gasteiger partial charge in [0.2, 0.25) is 5.95 Å². The average Bonchev–Trinajstić information content (AvgIpc) is 2.83. The number of aromatic nitrogens is 3. The molecular formula is C13H20N6. The largest absolute Gasteiger partial charge is 0.333 e. The number of fused-ring (bicyclic) bond motifs is 1. The summed E-state index contributed by atoms with van der Waals surface area (Å²) >= 11 is 0. The van der Waals surface area contributed by atoms with Crippen molar-refractivity contribution >= 4 is 11.6 Å². The Kier molecular flexibility index (Phi) is 3.12. The molecule has 6 nitrogen and oxygen atoms in total. The minimum Gasteiger partial charge on any atom is -0.333 e. The zero-order chi connectivity index (χ0) is 13.4. The van der Waals surface area contributed by atoms with Gasteiger partial charge in [0.15, 0.2) is 5.65 Å². The van der Waals surface area contributed by atoms with Crippen LogP contribution in [-0.4, -0.2) is 58.8 Å². The molecule has 0 amide bonds. The Morgan fingerprint density at radius 3 is 3.00 bits per heavy atom. The van der Waals surface area contributed by atoms with Crippen molar-refractivity contribution in [1.82, 2.24) is 19.5 Å². The van der Waals surface area contributed by atoms with Crippen molar-refractivity contribution in [2.75, 3.05) is 38.1 Å². The van der Waals surface area contributed by atoms with Gasteiger partial charge < -0.3 is 15.5 Å². The van der Waals surface area contributed by atoms with Gasteiger partial charge in [-0.1, -0.05) is 6.07 Å². The van der Waals surface area contributed by atoms with Crippen LogP contribution in [0, 0.1) is 6.92 Å². The van der Waals surface area contributed by atoms with E-state index in [-0.39, 0.29) is 6.04 Å². The van der Waals surface area contributed by atoms with Crippen molar-refractivity contribution < 1.29 is 0 Å². The number of likely N-dealkylation sites (N-methyl/N-ethyl adjacent to an activating group) is 1. The highest BCUT2D eigenvalue weighted by Gasteiger charge is 2.27. The van der Waals surface area contributed by atoms with E-state index in [1.807, 2.05) is 16.8 Å². The first-order valence-corrected chi connectivity index (χ1v) is 6.66. The predicted octanol–water partition coefficient (Wildman–Crippen LogP) is 0.117. The second-order valence-electron chi connectivity index (χ2n) is 5.22. The summed E-state index contributed by atoms with van der Waals surface area (Å²) in [6, 6.07) is 4.33. The van der Waals surface area contributed by atoms with E-state index in [0.717, 1.165) is 36.8 Å². The topological polar surface area (TPSA) is 62.7 Å². The van der Waals surface area contributed by atoms with E-state index < -0.39 is 0 Å². The molecule has 0 radical (unpaired) electrons. The molecule has 0 aliphatic carbocycles. The van der Waals surface area contributed by atoms with Crippen molar-refractivity contribution in [3.63, 3.8) is 0 Å². The van der Waals surface area contributed by atoms with Crippen LogP contribution in [-0.2, 0) is 0 Å². The molecule has 1 unspecified atom stereocenters. The monoisotopic (exact) mass is 260 g/mol. The molecule has 2 N–H and O–H groups in total. The fourth-order valence-electron chi connectivity index (χ4n) is 2.63. The predicted molar refractivity (Wildman–Crippen MR) is 75.4 cm³/mol. The minimum atomic E-state index is 0.288. The molecule has 1 fully saturated rings. The molecule has 0 bridgehead atoms. The highest BCUT2D eigenvalue weighted by molar-refractivity contribution is 5.51. The van der Waals surface area contributed by atoms with Crippen molar-refractivity contribution in [1.29, 1.82) is 0 Å². The Morgan fingerprint density at radius 2 is 2.26 bits per heavy atom. The first kappa shape index (κ1) is 12.4. The third-order valence-corrected chi connectivity index (χ3v) is 3.76. The van der Waals surface area contributed by atoms with Crippen molar-refractivity contribution in [2.24, 2.45) is 5.73 Å². The molecule has 0 saturated carbocycles. The van der Waals surface area contributed by atoms with Crippen LogP contribution in [0.15, 0.2) is 18.3 Å². The van der Waals surface area contributed by atoms with E-state index in [1.165, 1.54) is 0 Å². The van der Waals surface area contributed by atoms with Gasteiger partial charge in [-0.2, -0.15) is 4.98 Å². The third kappa shape index (κ3) is 2.17. The van der Waals surface area contributed by atoms with Crippen molar-refractivity contribution in [3.05, 3.63) is 23.9 Å².